The van der Waals surface area contributed by atoms with Crippen molar-refractivity contribution < 1.29 is 63.3 Å². The number of carboxylic acids is 3. The van der Waals surface area contributed by atoms with Gasteiger partial charge in [0.15, 0.2) is 0 Å². The molecule has 27 heteroatoms. The van der Waals surface area contributed by atoms with Gasteiger partial charge in [0.1, 0.15) is 12.1 Å². The number of unbranched alkanes of at least 4 members (excludes halogenated alkanes) is 1. The molecule has 0 aliphatic carbocycles. The maximum Gasteiger partial charge on any atom is 0.326 e. The lowest BCUT2D eigenvalue weighted by Gasteiger charge is -2.38. The summed E-state index contributed by atoms with van der Waals surface area (Å²) in [6.07, 6.45) is -0.00495. The van der Waals surface area contributed by atoms with Gasteiger partial charge in [0.2, 0.25) is 23.6 Å². The molecule has 3 atom stereocenters. The van der Waals surface area contributed by atoms with Gasteiger partial charge in [0.05, 0.1) is 26.2 Å². The van der Waals surface area contributed by atoms with Gasteiger partial charge in [-0.2, -0.15) is 0 Å². The Morgan fingerprint density at radius 3 is 1.63 bits per heavy atom. The smallest absolute Gasteiger partial charge is 0.326 e. The van der Waals surface area contributed by atoms with Gasteiger partial charge in [-0.3, -0.25) is 48.4 Å². The molecule has 1 heterocycles. The number of anilines is 1. The second-order valence-corrected chi connectivity index (χ2v) is 20.1. The number of halogens is 1. The number of rotatable bonds is 28. The molecule has 3 aromatic carbocycles. The Kier molecular flexibility index (Phi) is 26.1. The predicted molar refractivity (Wildman–Crippen MR) is 293 cm³/mol. The van der Waals surface area contributed by atoms with Crippen molar-refractivity contribution in [3.63, 3.8) is 0 Å². The average molecular weight is 1200 g/mol. The van der Waals surface area contributed by atoms with Crippen LogP contribution in [0.1, 0.15) is 59.2 Å². The topological polar surface area (TPSA) is 400 Å². The molecule has 4 rings (SSSR count). The van der Waals surface area contributed by atoms with Gasteiger partial charge in [-0.05, 0) is 108 Å². The van der Waals surface area contributed by atoms with E-state index in [1.54, 1.807) is 41.3 Å². The fraction of sp³-hybridized carbons (Fsp3) is 0.451. The number of carbonyl (C=O) groups excluding carboxylic acids is 7. The lowest BCUT2D eigenvalue weighted by Crippen LogP contribution is -2.54. The number of nitrogens with zero attached hydrogens (tertiary/aromatic N) is 5. The number of carboxylic acid groups (broad SMARTS) is 3. The number of hydrogen-bond donors (Lipinski definition) is 11. The highest BCUT2D eigenvalue weighted by atomic mass is 127. The number of amides is 9. The molecule has 15 N–H and O–H groups in total. The molecule has 0 bridgehead atoms. The summed E-state index contributed by atoms with van der Waals surface area (Å²) >= 11 is 2.17. The predicted octanol–water partition coefficient (Wildman–Crippen LogP) is -0.430. The monoisotopic (exact) mass is 1200 g/mol. The van der Waals surface area contributed by atoms with Crippen molar-refractivity contribution in [2.45, 2.75) is 69.7 Å². The molecule has 424 valence electrons. The van der Waals surface area contributed by atoms with Crippen LogP contribution in [0.4, 0.5) is 15.3 Å². The first kappa shape index (κ1) is 63.1. The van der Waals surface area contributed by atoms with Crippen LogP contribution in [0.15, 0.2) is 72.8 Å². The SMILES string of the molecule is NC(=O)CN1CCN(CC(N)=O)CCN(CC(N)=O)C(Cc2ccc(NC(=O)NCc3ccc(C(=O)N(CCCC[C@@H](NC(=O)N[C@H](CCC(=O)O)C(=O)O)C(=O)O)Cc4ccc(I)cc4)cc3)cc2)CN(CC(N)=O)CC1. The molecule has 0 spiro atoms. The second-order valence-electron chi connectivity index (χ2n) is 18.9. The summed E-state index contributed by atoms with van der Waals surface area (Å²) in [6, 6.07) is 16.4. The normalized spacial score (nSPS) is 15.7. The summed E-state index contributed by atoms with van der Waals surface area (Å²) in [6.45, 7) is 2.58. The van der Waals surface area contributed by atoms with Gasteiger partial charge < -0.3 is 64.4 Å². The molecule has 26 nitrogen and oxygen atoms in total. The van der Waals surface area contributed by atoms with E-state index >= 15 is 0 Å². The summed E-state index contributed by atoms with van der Waals surface area (Å²) in [5.74, 6) is -6.63. The molecule has 1 fully saturated rings. The Hall–Kier alpha value is -7.47. The summed E-state index contributed by atoms with van der Waals surface area (Å²) in [5, 5.41) is 38.0. The third-order valence-corrected chi connectivity index (χ3v) is 13.3. The van der Waals surface area contributed by atoms with E-state index in [2.05, 4.69) is 43.9 Å². The van der Waals surface area contributed by atoms with Gasteiger partial charge in [-0.15, -0.1) is 0 Å². The first-order chi connectivity index (χ1) is 37.0. The van der Waals surface area contributed by atoms with E-state index in [0.717, 1.165) is 14.7 Å². The number of carbonyl (C=O) groups is 10. The molecule has 0 aromatic heterocycles. The van der Waals surface area contributed by atoms with Gasteiger partial charge in [0.25, 0.3) is 5.91 Å². The molecule has 78 heavy (non-hydrogen) atoms. The maximum absolute atomic E-state index is 14.0. The van der Waals surface area contributed by atoms with Crippen LogP contribution in [0.5, 0.6) is 0 Å². The van der Waals surface area contributed by atoms with Crippen molar-refractivity contribution in [3.05, 3.63) is 98.6 Å². The van der Waals surface area contributed by atoms with Crippen LogP contribution in [-0.4, -0.2) is 196 Å². The van der Waals surface area contributed by atoms with E-state index in [1.165, 1.54) is 0 Å². The zero-order valence-corrected chi connectivity index (χ0v) is 45.3. The van der Waals surface area contributed by atoms with Crippen molar-refractivity contribution >= 4 is 87.8 Å². The number of nitrogens with two attached hydrogens (primary N) is 4. The average Bonchev–Trinajstić information content (AvgIpc) is 3.37. The molecule has 0 saturated carbocycles. The van der Waals surface area contributed by atoms with Crippen molar-refractivity contribution in [1.82, 2.24) is 40.4 Å². The van der Waals surface area contributed by atoms with Crippen LogP contribution in [0.25, 0.3) is 0 Å². The molecular weight excluding hydrogens is 1130 g/mol. The van der Waals surface area contributed by atoms with Crippen LogP contribution in [-0.2, 0) is 53.1 Å². The van der Waals surface area contributed by atoms with E-state index in [0.29, 0.717) is 68.9 Å². The summed E-state index contributed by atoms with van der Waals surface area (Å²) < 4.78 is 0.996. The highest BCUT2D eigenvalue weighted by Gasteiger charge is 2.28. The maximum atomic E-state index is 14.0. The molecule has 1 aliphatic rings. The number of aliphatic carboxylic acids is 3. The van der Waals surface area contributed by atoms with Crippen molar-refractivity contribution in [2.75, 3.05) is 83.9 Å². The van der Waals surface area contributed by atoms with E-state index in [9.17, 15) is 58.2 Å². The third-order valence-electron chi connectivity index (χ3n) is 12.6. The van der Waals surface area contributed by atoms with Crippen LogP contribution in [0, 0.1) is 3.57 Å². The molecule has 1 unspecified atom stereocenters. The van der Waals surface area contributed by atoms with Crippen LogP contribution < -0.4 is 44.2 Å². The largest absolute Gasteiger partial charge is 0.481 e. The van der Waals surface area contributed by atoms with Gasteiger partial charge >= 0.3 is 30.0 Å². The van der Waals surface area contributed by atoms with Crippen LogP contribution >= 0.6 is 22.6 Å². The number of hydrogen-bond acceptors (Lipinski definition) is 14. The third kappa shape index (κ3) is 23.8. The Morgan fingerprint density at radius 1 is 0.590 bits per heavy atom. The summed E-state index contributed by atoms with van der Waals surface area (Å²) in [7, 11) is 0. The van der Waals surface area contributed by atoms with Crippen molar-refractivity contribution in [3.8, 4) is 0 Å². The van der Waals surface area contributed by atoms with Crippen molar-refractivity contribution in [2.24, 2.45) is 22.9 Å². The molecule has 9 amide bonds. The second kappa shape index (κ2) is 32.3. The first-order valence-electron chi connectivity index (χ1n) is 25.1. The number of nitrogens with one attached hydrogen (secondary N) is 4. The minimum absolute atomic E-state index is 0.0438. The number of urea groups is 2. The minimum Gasteiger partial charge on any atom is -0.481 e. The number of primary amides is 4. The van der Waals surface area contributed by atoms with E-state index in [4.69, 9.17) is 28.0 Å². The Bertz CT molecular complexity index is 2540. The molecule has 0 radical (unpaired) electrons. The molecular formula is C51H70IN13O13. The Balaban J connectivity index is 1.38. The fourth-order valence-corrected chi connectivity index (χ4v) is 8.99. The van der Waals surface area contributed by atoms with Gasteiger partial charge in [0, 0.05) is 92.7 Å². The lowest BCUT2D eigenvalue weighted by atomic mass is 10.0. The highest BCUT2D eigenvalue weighted by Crippen LogP contribution is 2.18. The zero-order valence-electron chi connectivity index (χ0n) is 43.1. The van der Waals surface area contributed by atoms with Gasteiger partial charge in [-0.1, -0.05) is 36.4 Å². The fourth-order valence-electron chi connectivity index (χ4n) is 8.63. The van der Waals surface area contributed by atoms with E-state index < -0.39 is 84.6 Å². The molecule has 3 aromatic rings. The number of benzene rings is 3. The quantitative estimate of drug-likeness (QED) is 0.0325. The van der Waals surface area contributed by atoms with E-state index in [1.807, 2.05) is 56.0 Å². The highest BCUT2D eigenvalue weighted by molar-refractivity contribution is 14.1. The van der Waals surface area contributed by atoms with Gasteiger partial charge in [-0.25, -0.2) is 19.2 Å². The standard InChI is InChI=1S/C51H70IN13O13/c52-37-12-6-35(7-13-37)27-65(18-2-1-3-40(48(73)74)59-51(78)60-41(49(75)76)16-17-46(70)71)47(72)36-10-4-34(5-11-36)26-57-50(77)58-38-14-8-33(9-15-38)25-39-28-63(31-44(55)68)22-21-61(29-42(53)66)19-20-62(30-43(54)67)23-24-64(39)32-45(56)69/h4-15,39-41H,1-3,16-32H2,(H2,53,66)(H2,54,67)(H2,55,68)(H2,56,69)(H,70,71)(H,73,74)(H,75,76)(H2,57,58,77)(H2,59,60,78)/t39?,40-,41-/m1/s1. The molecule has 1 saturated heterocycles. The molecule has 1 aliphatic heterocycles. The van der Waals surface area contributed by atoms with Crippen LogP contribution in [0.2, 0.25) is 0 Å². The van der Waals surface area contributed by atoms with Crippen LogP contribution in [0.3, 0.4) is 0 Å². The van der Waals surface area contributed by atoms with Crippen molar-refractivity contribution in [1.29, 1.82) is 0 Å². The Labute approximate surface area is 464 Å². The minimum atomic E-state index is -1.55. The van der Waals surface area contributed by atoms with E-state index in [-0.39, 0.29) is 71.1 Å². The first-order valence-corrected chi connectivity index (χ1v) is 26.2. The summed E-state index contributed by atoms with van der Waals surface area (Å²) in [5.41, 5.74) is 25.7. The zero-order chi connectivity index (χ0) is 57.3. The summed E-state index contributed by atoms with van der Waals surface area (Å²) in [4.78, 5) is 132. The Morgan fingerprint density at radius 2 is 1.09 bits per heavy atom. The lowest BCUT2D eigenvalue weighted by molar-refractivity contribution is -0.141.